The Labute approximate surface area is 143 Å². The summed E-state index contributed by atoms with van der Waals surface area (Å²) >= 11 is 0. The van der Waals surface area contributed by atoms with Gasteiger partial charge in [-0.15, -0.1) is 0 Å². The Morgan fingerprint density at radius 2 is 1.50 bits per heavy atom. The molecular formula is C20H22NO2P. The molecule has 0 aliphatic heterocycles. The lowest BCUT2D eigenvalue weighted by Crippen LogP contribution is -2.36. The highest BCUT2D eigenvalue weighted by atomic mass is 31.2. The normalized spacial score (nSPS) is 12.9. The van der Waals surface area contributed by atoms with Gasteiger partial charge in [-0.25, -0.2) is 0 Å². The van der Waals surface area contributed by atoms with E-state index in [1.54, 1.807) is 6.26 Å². The maximum Gasteiger partial charge on any atom is 0.204 e. The van der Waals surface area contributed by atoms with Crippen molar-refractivity contribution in [1.82, 2.24) is 5.09 Å². The van der Waals surface area contributed by atoms with Crippen LogP contribution in [-0.4, -0.2) is 6.04 Å². The van der Waals surface area contributed by atoms with E-state index in [0.29, 0.717) is 6.42 Å². The summed E-state index contributed by atoms with van der Waals surface area (Å²) in [6.07, 6.45) is 3.26. The Morgan fingerprint density at radius 3 is 1.96 bits per heavy atom. The quantitative estimate of drug-likeness (QED) is 0.659. The van der Waals surface area contributed by atoms with E-state index in [4.69, 9.17) is 4.42 Å². The van der Waals surface area contributed by atoms with Crippen LogP contribution in [0.25, 0.3) is 0 Å². The molecular weight excluding hydrogens is 317 g/mol. The van der Waals surface area contributed by atoms with Crippen molar-refractivity contribution in [3.63, 3.8) is 0 Å². The van der Waals surface area contributed by atoms with Crippen LogP contribution in [0.3, 0.4) is 0 Å². The highest BCUT2D eigenvalue weighted by molar-refractivity contribution is 7.76. The fourth-order valence-electron chi connectivity index (χ4n) is 2.78. The van der Waals surface area contributed by atoms with Crippen molar-refractivity contribution in [2.45, 2.75) is 25.8 Å². The van der Waals surface area contributed by atoms with E-state index < -0.39 is 7.29 Å². The molecule has 0 aliphatic rings. The first kappa shape index (κ1) is 16.8. The molecule has 3 nitrogen and oxygen atoms in total. The lowest BCUT2D eigenvalue weighted by atomic mass is 10.1. The number of rotatable bonds is 7. The molecule has 1 atom stereocenters. The third-order valence-corrected chi connectivity index (χ3v) is 6.90. The molecule has 0 spiro atoms. The Hall–Kier alpha value is -2.09. The Bertz CT molecular complexity index is 742. The maximum atomic E-state index is 14.0. The van der Waals surface area contributed by atoms with Gasteiger partial charge in [0.25, 0.3) is 0 Å². The van der Waals surface area contributed by atoms with E-state index in [1.165, 1.54) is 0 Å². The molecule has 0 unspecified atom stereocenters. The third-order valence-electron chi connectivity index (χ3n) is 4.12. The summed E-state index contributed by atoms with van der Waals surface area (Å²) in [5.74, 6) is 0.905. The van der Waals surface area contributed by atoms with Crippen molar-refractivity contribution < 1.29 is 8.98 Å². The molecule has 0 saturated heterocycles. The van der Waals surface area contributed by atoms with Gasteiger partial charge >= 0.3 is 0 Å². The molecule has 124 valence electrons. The number of hydrogen-bond acceptors (Lipinski definition) is 2. The minimum Gasteiger partial charge on any atom is -0.469 e. The first-order chi connectivity index (χ1) is 11.7. The van der Waals surface area contributed by atoms with Crippen molar-refractivity contribution in [1.29, 1.82) is 0 Å². The Balaban J connectivity index is 1.94. The molecule has 4 heteroatoms. The second-order valence-corrected chi connectivity index (χ2v) is 8.31. The minimum atomic E-state index is -2.91. The zero-order valence-corrected chi connectivity index (χ0v) is 14.7. The van der Waals surface area contributed by atoms with Crippen molar-refractivity contribution >= 4 is 17.9 Å². The van der Waals surface area contributed by atoms with E-state index in [0.717, 1.165) is 22.8 Å². The zero-order chi connectivity index (χ0) is 16.8. The van der Waals surface area contributed by atoms with Gasteiger partial charge in [-0.2, -0.15) is 0 Å². The summed E-state index contributed by atoms with van der Waals surface area (Å²) in [6, 6.07) is 23.2. The van der Waals surface area contributed by atoms with E-state index >= 15 is 0 Å². The molecule has 24 heavy (non-hydrogen) atoms. The van der Waals surface area contributed by atoms with Crippen molar-refractivity contribution in [3.05, 3.63) is 84.8 Å². The molecule has 0 aliphatic carbocycles. The van der Waals surface area contributed by atoms with Crippen LogP contribution >= 0.6 is 7.29 Å². The number of nitrogens with one attached hydrogen (secondary N) is 1. The molecule has 1 N–H and O–H groups in total. The van der Waals surface area contributed by atoms with Crippen molar-refractivity contribution in [2.24, 2.45) is 0 Å². The number of furan rings is 1. The molecule has 0 amide bonds. The van der Waals surface area contributed by atoms with Gasteiger partial charge < -0.3 is 4.42 Å². The molecule has 0 saturated carbocycles. The zero-order valence-electron chi connectivity index (χ0n) is 13.8. The highest BCUT2D eigenvalue weighted by Crippen LogP contribution is 2.39. The highest BCUT2D eigenvalue weighted by Gasteiger charge is 2.29. The standard InChI is InChI=1S/C20H22NO2P/c1-2-17(16-18-10-9-15-23-18)21-24(22,19-11-5-3-6-12-19)20-13-7-4-8-14-20/h3-15,17H,2,16H2,1H3,(H,21,22)/t17-/m1/s1. The summed E-state index contributed by atoms with van der Waals surface area (Å²) in [6.45, 7) is 2.10. The minimum absolute atomic E-state index is 0.0717. The van der Waals surface area contributed by atoms with Gasteiger partial charge in [0, 0.05) is 23.1 Å². The first-order valence-corrected chi connectivity index (χ1v) is 9.94. The molecule has 1 aromatic heterocycles. The van der Waals surface area contributed by atoms with Gasteiger partial charge in [-0.3, -0.25) is 9.65 Å². The van der Waals surface area contributed by atoms with Crippen LogP contribution in [0.2, 0.25) is 0 Å². The van der Waals surface area contributed by atoms with Gasteiger partial charge in [-0.1, -0.05) is 43.3 Å². The van der Waals surface area contributed by atoms with Gasteiger partial charge in [0.2, 0.25) is 7.29 Å². The predicted octanol–water partition coefficient (Wildman–Crippen LogP) is 4.12. The average Bonchev–Trinajstić information content (AvgIpc) is 3.15. The summed E-state index contributed by atoms with van der Waals surface area (Å²) in [7, 11) is -2.91. The van der Waals surface area contributed by atoms with Crippen LogP contribution < -0.4 is 15.7 Å². The summed E-state index contributed by atoms with van der Waals surface area (Å²) in [4.78, 5) is 0. The van der Waals surface area contributed by atoms with E-state index in [1.807, 2.05) is 72.8 Å². The van der Waals surface area contributed by atoms with E-state index in [-0.39, 0.29) is 6.04 Å². The molecule has 3 aromatic rings. The second-order valence-electron chi connectivity index (χ2n) is 5.80. The van der Waals surface area contributed by atoms with Gasteiger partial charge in [0.15, 0.2) is 0 Å². The summed E-state index contributed by atoms with van der Waals surface area (Å²) < 4.78 is 19.4. The third kappa shape index (κ3) is 3.69. The summed E-state index contributed by atoms with van der Waals surface area (Å²) in [5, 5.41) is 5.10. The van der Waals surface area contributed by atoms with E-state index in [9.17, 15) is 4.57 Å². The molecule has 0 bridgehead atoms. The fraction of sp³-hybridized carbons (Fsp3) is 0.200. The Kier molecular flexibility index (Phi) is 5.34. The van der Waals surface area contributed by atoms with Crippen LogP contribution in [0.15, 0.2) is 83.5 Å². The van der Waals surface area contributed by atoms with Crippen molar-refractivity contribution in [2.75, 3.05) is 0 Å². The average molecular weight is 339 g/mol. The molecule has 1 heterocycles. The second kappa shape index (κ2) is 7.65. The van der Waals surface area contributed by atoms with Crippen LogP contribution in [-0.2, 0) is 11.0 Å². The predicted molar refractivity (Wildman–Crippen MR) is 99.4 cm³/mol. The van der Waals surface area contributed by atoms with Gasteiger partial charge in [-0.05, 0) is 42.8 Å². The van der Waals surface area contributed by atoms with E-state index in [2.05, 4.69) is 12.0 Å². The number of benzene rings is 2. The smallest absolute Gasteiger partial charge is 0.204 e. The lowest BCUT2D eigenvalue weighted by Gasteiger charge is -2.26. The number of hydrogen-bond donors (Lipinski definition) is 1. The van der Waals surface area contributed by atoms with Crippen LogP contribution in [0.4, 0.5) is 0 Å². The largest absolute Gasteiger partial charge is 0.469 e. The van der Waals surface area contributed by atoms with Crippen LogP contribution in [0, 0.1) is 0 Å². The van der Waals surface area contributed by atoms with Crippen molar-refractivity contribution in [3.8, 4) is 0 Å². The van der Waals surface area contributed by atoms with Crippen LogP contribution in [0.1, 0.15) is 19.1 Å². The lowest BCUT2D eigenvalue weighted by molar-refractivity contribution is 0.464. The molecule has 2 aromatic carbocycles. The molecule has 3 rings (SSSR count). The Morgan fingerprint density at radius 1 is 0.917 bits per heavy atom. The molecule has 0 radical (unpaired) electrons. The monoisotopic (exact) mass is 339 g/mol. The van der Waals surface area contributed by atoms with Gasteiger partial charge in [0.05, 0.1) is 6.26 Å². The first-order valence-electron chi connectivity index (χ1n) is 8.24. The van der Waals surface area contributed by atoms with Gasteiger partial charge in [0.1, 0.15) is 5.76 Å². The topological polar surface area (TPSA) is 42.2 Å². The molecule has 0 fully saturated rings. The SMILES string of the molecule is CC[C@H](Cc1ccco1)NP(=O)(c1ccccc1)c1ccccc1. The van der Waals surface area contributed by atoms with Crippen LogP contribution in [0.5, 0.6) is 0 Å². The fourth-order valence-corrected chi connectivity index (χ4v) is 5.35. The maximum absolute atomic E-state index is 14.0. The summed E-state index contributed by atoms with van der Waals surface area (Å²) in [5.41, 5.74) is 0.